The zero-order chi connectivity index (χ0) is 9.14. The molecule has 1 radical (unpaired) electrons. The molecule has 0 aromatic heterocycles. The van der Waals surface area contributed by atoms with Gasteiger partial charge in [0.2, 0.25) is 0 Å². The molecule has 63 valence electrons. The molecule has 0 aliphatic heterocycles. The van der Waals surface area contributed by atoms with Gasteiger partial charge in [-0.3, -0.25) is 0 Å². The Kier molecular flexibility index (Phi) is 2.69. The highest BCUT2D eigenvalue weighted by molar-refractivity contribution is 5.57. The van der Waals surface area contributed by atoms with Crippen LogP contribution in [-0.4, -0.2) is 0 Å². The van der Waals surface area contributed by atoms with Crippen molar-refractivity contribution in [2.45, 2.75) is 19.8 Å². The maximum Gasteiger partial charge on any atom is -0.0184 e. The van der Waals surface area contributed by atoms with E-state index >= 15 is 0 Å². The fourth-order valence-corrected chi connectivity index (χ4v) is 1.41. The molecule has 0 saturated carbocycles. The van der Waals surface area contributed by atoms with Gasteiger partial charge in [-0.05, 0) is 36.5 Å². The van der Waals surface area contributed by atoms with Crippen molar-refractivity contribution in [1.82, 2.24) is 0 Å². The second-order valence-electron chi connectivity index (χ2n) is 3.18. The third-order valence-electron chi connectivity index (χ3n) is 2.09. The Labute approximate surface area is 74.9 Å². The lowest BCUT2D eigenvalue weighted by Crippen LogP contribution is -1.93. The van der Waals surface area contributed by atoms with E-state index in [4.69, 9.17) is 0 Å². The van der Waals surface area contributed by atoms with Gasteiger partial charge in [-0.1, -0.05) is 37.8 Å². The van der Waals surface area contributed by atoms with Crippen LogP contribution in [0.25, 0.3) is 6.08 Å². The third-order valence-corrected chi connectivity index (χ3v) is 2.09. The maximum absolute atomic E-state index is 4.01. The molecule has 0 bridgehead atoms. The van der Waals surface area contributed by atoms with Crippen LogP contribution < -0.4 is 0 Å². The van der Waals surface area contributed by atoms with Crippen LogP contribution in [0.4, 0.5) is 0 Å². The highest BCUT2D eigenvalue weighted by Gasteiger charge is 2.04. The molecule has 1 rings (SSSR count). The quantitative estimate of drug-likeness (QED) is 0.618. The molecule has 0 fully saturated rings. The number of benzene rings is 1. The molecule has 0 aliphatic carbocycles. The Bertz CT molecular complexity index is 282. The van der Waals surface area contributed by atoms with E-state index in [1.165, 1.54) is 16.7 Å². The zero-order valence-electron chi connectivity index (χ0n) is 7.80. The first kappa shape index (κ1) is 9.05. The summed E-state index contributed by atoms with van der Waals surface area (Å²) >= 11 is 0. The van der Waals surface area contributed by atoms with Crippen LogP contribution in [-0.2, 0) is 0 Å². The molecule has 0 amide bonds. The Morgan fingerprint density at radius 1 is 1.42 bits per heavy atom. The number of aryl methyl sites for hydroxylation is 1. The van der Waals surface area contributed by atoms with E-state index in [1.54, 1.807) is 0 Å². The molecule has 0 spiro atoms. The SMILES string of the molecule is [CH2]C(C)c1cccc(C)c1C=C. The second kappa shape index (κ2) is 3.57. The molecule has 1 aromatic carbocycles. The first-order valence-corrected chi connectivity index (χ1v) is 4.22. The topological polar surface area (TPSA) is 0 Å². The monoisotopic (exact) mass is 159 g/mol. The summed E-state index contributed by atoms with van der Waals surface area (Å²) in [6.45, 7) is 12.0. The van der Waals surface area contributed by atoms with Crippen LogP contribution in [0.5, 0.6) is 0 Å². The predicted octanol–water partition coefficient (Wildman–Crippen LogP) is 3.58. The van der Waals surface area contributed by atoms with E-state index in [-0.39, 0.29) is 0 Å². The summed E-state index contributed by atoms with van der Waals surface area (Å²) < 4.78 is 0. The van der Waals surface area contributed by atoms with Gasteiger partial charge in [0, 0.05) is 0 Å². The highest BCUT2D eigenvalue weighted by Crippen LogP contribution is 2.22. The Balaban J connectivity index is 3.27. The Hall–Kier alpha value is -1.04. The van der Waals surface area contributed by atoms with Gasteiger partial charge in [0.1, 0.15) is 0 Å². The summed E-state index contributed by atoms with van der Waals surface area (Å²) in [6.07, 6.45) is 1.91. The van der Waals surface area contributed by atoms with Gasteiger partial charge in [0.15, 0.2) is 0 Å². The number of hydrogen-bond donors (Lipinski definition) is 0. The summed E-state index contributed by atoms with van der Waals surface area (Å²) in [5.41, 5.74) is 3.79. The van der Waals surface area contributed by atoms with E-state index in [2.05, 4.69) is 45.5 Å². The van der Waals surface area contributed by atoms with Gasteiger partial charge >= 0.3 is 0 Å². The standard InChI is InChI=1S/C12H15/c1-5-11-10(4)7-6-8-12(11)9(2)3/h5-9H,1-2H2,3-4H3. The summed E-state index contributed by atoms with van der Waals surface area (Å²) in [4.78, 5) is 0. The molecule has 0 heterocycles. The van der Waals surface area contributed by atoms with Crippen molar-refractivity contribution in [2.75, 3.05) is 0 Å². The smallest absolute Gasteiger partial charge is 0.0184 e. The van der Waals surface area contributed by atoms with Crippen molar-refractivity contribution in [3.63, 3.8) is 0 Å². The maximum atomic E-state index is 4.01. The van der Waals surface area contributed by atoms with Gasteiger partial charge in [-0.15, -0.1) is 0 Å². The van der Waals surface area contributed by atoms with Crippen LogP contribution in [0.3, 0.4) is 0 Å². The summed E-state index contributed by atoms with van der Waals surface area (Å²) in [5, 5.41) is 0. The fraction of sp³-hybridized carbons (Fsp3) is 0.250. The largest absolute Gasteiger partial charge is 0.0984 e. The van der Waals surface area contributed by atoms with Gasteiger partial charge in [0.05, 0.1) is 0 Å². The van der Waals surface area contributed by atoms with Crippen molar-refractivity contribution >= 4 is 6.08 Å². The molecular formula is C12H15. The minimum absolute atomic E-state index is 0.331. The van der Waals surface area contributed by atoms with Gasteiger partial charge in [-0.2, -0.15) is 0 Å². The Morgan fingerprint density at radius 2 is 2.08 bits per heavy atom. The molecule has 0 nitrogen and oxygen atoms in total. The van der Waals surface area contributed by atoms with Gasteiger partial charge in [0.25, 0.3) is 0 Å². The summed E-state index contributed by atoms with van der Waals surface area (Å²) in [6, 6.07) is 6.28. The lowest BCUT2D eigenvalue weighted by molar-refractivity contribution is 0.957. The minimum Gasteiger partial charge on any atom is -0.0984 e. The van der Waals surface area contributed by atoms with Gasteiger partial charge < -0.3 is 0 Å². The molecule has 1 atom stereocenters. The first-order chi connectivity index (χ1) is 5.66. The average molecular weight is 159 g/mol. The lowest BCUT2D eigenvalue weighted by atomic mass is 9.94. The molecule has 1 aromatic rings. The lowest BCUT2D eigenvalue weighted by Gasteiger charge is -2.11. The molecule has 0 saturated heterocycles. The summed E-state index contributed by atoms with van der Waals surface area (Å²) in [5.74, 6) is 0.331. The van der Waals surface area contributed by atoms with Crippen LogP contribution in [0.1, 0.15) is 29.5 Å². The van der Waals surface area contributed by atoms with Crippen LogP contribution in [0, 0.1) is 13.8 Å². The van der Waals surface area contributed by atoms with Gasteiger partial charge in [-0.25, -0.2) is 0 Å². The van der Waals surface area contributed by atoms with E-state index < -0.39 is 0 Å². The van der Waals surface area contributed by atoms with Crippen molar-refractivity contribution in [1.29, 1.82) is 0 Å². The Morgan fingerprint density at radius 3 is 2.50 bits per heavy atom. The van der Waals surface area contributed by atoms with Crippen LogP contribution in [0.15, 0.2) is 24.8 Å². The minimum atomic E-state index is 0.331. The number of rotatable bonds is 2. The average Bonchev–Trinajstić information content (AvgIpc) is 2.03. The number of hydrogen-bond acceptors (Lipinski definition) is 0. The van der Waals surface area contributed by atoms with E-state index in [9.17, 15) is 0 Å². The third kappa shape index (κ3) is 1.58. The second-order valence-corrected chi connectivity index (χ2v) is 3.18. The van der Waals surface area contributed by atoms with Crippen molar-refractivity contribution < 1.29 is 0 Å². The predicted molar refractivity (Wildman–Crippen MR) is 55.0 cm³/mol. The molecule has 1 unspecified atom stereocenters. The van der Waals surface area contributed by atoms with E-state index in [0.717, 1.165) is 0 Å². The van der Waals surface area contributed by atoms with Crippen LogP contribution >= 0.6 is 0 Å². The fourth-order valence-electron chi connectivity index (χ4n) is 1.41. The zero-order valence-corrected chi connectivity index (χ0v) is 7.80. The summed E-state index contributed by atoms with van der Waals surface area (Å²) in [7, 11) is 0. The van der Waals surface area contributed by atoms with Crippen molar-refractivity contribution in [3.8, 4) is 0 Å². The normalized spacial score (nSPS) is 10.3. The molecule has 0 N–H and O–H groups in total. The first-order valence-electron chi connectivity index (χ1n) is 4.22. The molecular weight excluding hydrogens is 144 g/mol. The highest BCUT2D eigenvalue weighted by atomic mass is 14.1. The van der Waals surface area contributed by atoms with Crippen LogP contribution in [0.2, 0.25) is 0 Å². The molecule has 12 heavy (non-hydrogen) atoms. The van der Waals surface area contributed by atoms with E-state index in [1.807, 2.05) is 6.08 Å². The van der Waals surface area contributed by atoms with Crippen molar-refractivity contribution in [3.05, 3.63) is 48.4 Å². The van der Waals surface area contributed by atoms with Crippen molar-refractivity contribution in [2.24, 2.45) is 0 Å². The molecule has 0 heteroatoms. The van der Waals surface area contributed by atoms with E-state index in [0.29, 0.717) is 5.92 Å². The molecule has 0 aliphatic rings.